The van der Waals surface area contributed by atoms with Crippen molar-refractivity contribution >= 4 is 57.0 Å². The van der Waals surface area contributed by atoms with E-state index in [9.17, 15) is 37.6 Å². The number of β-lactam (4-membered cyclic amide) rings is 1. The fourth-order valence-corrected chi connectivity index (χ4v) is 7.49. The van der Waals surface area contributed by atoms with Crippen molar-refractivity contribution in [3.05, 3.63) is 58.8 Å². The van der Waals surface area contributed by atoms with E-state index in [0.717, 1.165) is 53.7 Å². The van der Waals surface area contributed by atoms with Gasteiger partial charge in [0.25, 0.3) is 17.0 Å². The van der Waals surface area contributed by atoms with Crippen LogP contribution in [0.4, 0.5) is 0 Å². The number of hydrogen-bond donors (Lipinski definition) is 5. The summed E-state index contributed by atoms with van der Waals surface area (Å²) in [6.45, 7) is 12.6. The predicted octanol–water partition coefficient (Wildman–Crippen LogP) is 4.07. The fourth-order valence-electron chi connectivity index (χ4n) is 6.42. The zero-order valence-electron chi connectivity index (χ0n) is 31.2. The number of aliphatic carboxylic acids is 1. The second-order valence-electron chi connectivity index (χ2n) is 14.2. The van der Waals surface area contributed by atoms with Crippen LogP contribution >= 0.6 is 12.2 Å². The molecule has 0 radical (unpaired) electrons. The van der Waals surface area contributed by atoms with Crippen molar-refractivity contribution in [2.45, 2.75) is 103 Å². The number of likely N-dealkylation sites (N-methyl/N-ethyl adjacent to an activating group) is 1. The van der Waals surface area contributed by atoms with Crippen LogP contribution < -0.4 is 15.8 Å². The summed E-state index contributed by atoms with van der Waals surface area (Å²) < 4.78 is 41.4. The molecule has 1 aromatic carbocycles. The molecule has 6 N–H and O–H groups in total. The monoisotopic (exact) mass is 788 g/mol. The Morgan fingerprint density at radius 2 is 1.96 bits per heavy atom. The number of phenols is 1. The summed E-state index contributed by atoms with van der Waals surface area (Å²) in [5.74, 6) is -3.76. The molecule has 1 saturated heterocycles. The van der Waals surface area contributed by atoms with Crippen LogP contribution in [-0.4, -0.2) is 91.8 Å². The number of carbonyl (C=O) groups excluding carboxylic acids is 2. The molecular weight excluding hydrogens is 741 g/mol. The number of aromatic hydroxyl groups is 1. The Morgan fingerprint density at radius 3 is 2.54 bits per heavy atom. The molecule has 3 aliphatic rings. The summed E-state index contributed by atoms with van der Waals surface area (Å²) in [6, 6.07) is 1.82. The van der Waals surface area contributed by atoms with Crippen molar-refractivity contribution in [3.8, 4) is 11.5 Å². The summed E-state index contributed by atoms with van der Waals surface area (Å²) in [6.07, 6.45) is 7.05. The molecule has 18 heteroatoms. The number of hydrogen-bond acceptors (Lipinski definition) is 12. The van der Waals surface area contributed by atoms with Crippen molar-refractivity contribution in [2.24, 2.45) is 21.8 Å². The quantitative estimate of drug-likeness (QED) is 0.0321. The van der Waals surface area contributed by atoms with E-state index in [1.807, 2.05) is 13.8 Å². The van der Waals surface area contributed by atoms with Crippen molar-refractivity contribution < 1.29 is 47.1 Å². The number of nitrogens with two attached hydrogens (primary N) is 1. The molecule has 16 nitrogen and oxygen atoms in total. The highest BCUT2D eigenvalue weighted by atomic mass is 32.2. The number of ether oxygens (including phenoxy) is 1. The topological polar surface area (TPSA) is 234 Å². The third-order valence-corrected chi connectivity index (χ3v) is 10.8. The van der Waals surface area contributed by atoms with Gasteiger partial charge in [-0.15, -0.1) is 0 Å². The summed E-state index contributed by atoms with van der Waals surface area (Å²) in [5.41, 5.74) is 6.53. The van der Waals surface area contributed by atoms with Crippen LogP contribution in [0, 0.1) is 5.92 Å². The highest BCUT2D eigenvalue weighted by Gasteiger charge is 2.57. The Hall–Kier alpha value is -4.81. The molecule has 2 heterocycles. The first kappa shape index (κ1) is 41.9. The van der Waals surface area contributed by atoms with E-state index in [1.54, 1.807) is 12.1 Å². The molecule has 1 aromatic rings. The summed E-state index contributed by atoms with van der Waals surface area (Å²) >= 11 is 5.65. The Morgan fingerprint density at radius 1 is 1.28 bits per heavy atom. The standard InChI is InChI=1S/C36H48N6O10S2/c1-8-9-10-11-21-17-25(43)28(23-16-20(4)12-13-22(23)19(2)3)26(18-21)51-35(53)41(7)32-30(33(45)42(32)54(48,49)50)39-31(44)29(24-14-15-27(37)38-24)40-52-36(5,6)34(46)47/h14,16-18,22-23,30,32,43H,2,8-13,15H2,1,3-7H3,(H2,37,38)(H,39,44)(H,46,47)(H,48,49,50)/b40-29-/t22-,23+,30-,32?/m0/s1. The van der Waals surface area contributed by atoms with Crippen LogP contribution in [0.1, 0.15) is 90.2 Å². The van der Waals surface area contributed by atoms with Crippen LogP contribution in [0.2, 0.25) is 0 Å². The number of unbranched alkanes of at least 4 members (excludes halogenated alkanes) is 2. The lowest BCUT2D eigenvalue weighted by Crippen LogP contribution is -2.77. The Balaban J connectivity index is 1.71. The van der Waals surface area contributed by atoms with E-state index in [1.165, 1.54) is 27.0 Å². The van der Waals surface area contributed by atoms with Gasteiger partial charge in [-0.2, -0.15) is 12.7 Å². The van der Waals surface area contributed by atoms with Crippen LogP contribution in [0.3, 0.4) is 0 Å². The normalized spacial score (nSPS) is 21.7. The van der Waals surface area contributed by atoms with E-state index in [4.69, 9.17) is 27.5 Å². The number of amides is 2. The van der Waals surface area contributed by atoms with Gasteiger partial charge < -0.3 is 35.7 Å². The van der Waals surface area contributed by atoms with Gasteiger partial charge in [0, 0.05) is 24.9 Å². The van der Waals surface area contributed by atoms with Crippen LogP contribution in [0.15, 0.2) is 57.9 Å². The number of nitrogens with zero attached hydrogens (tertiary/aromatic N) is 4. The number of thiocarbonyl (C=S) groups is 1. The van der Waals surface area contributed by atoms with Gasteiger partial charge in [0.2, 0.25) is 5.60 Å². The van der Waals surface area contributed by atoms with Gasteiger partial charge in [-0.05, 0) is 95.3 Å². The van der Waals surface area contributed by atoms with Crippen molar-refractivity contribution in [1.82, 2.24) is 14.5 Å². The van der Waals surface area contributed by atoms with Gasteiger partial charge in [-0.25, -0.2) is 9.79 Å². The summed E-state index contributed by atoms with van der Waals surface area (Å²) in [7, 11) is -3.89. The molecule has 0 saturated carbocycles. The molecule has 4 rings (SSSR count). The predicted molar refractivity (Wildman–Crippen MR) is 205 cm³/mol. The van der Waals surface area contributed by atoms with Gasteiger partial charge in [-0.1, -0.05) is 48.7 Å². The number of aryl methyl sites for hydroxylation is 1. The molecule has 54 heavy (non-hydrogen) atoms. The maximum Gasteiger partial charge on any atom is 0.364 e. The highest BCUT2D eigenvalue weighted by Crippen LogP contribution is 2.47. The first-order valence-corrected chi connectivity index (χ1v) is 19.3. The lowest BCUT2D eigenvalue weighted by atomic mass is 9.73. The van der Waals surface area contributed by atoms with E-state index >= 15 is 0 Å². The number of phenolic OH excluding ortho intramolecular Hbond substituents is 1. The Kier molecular flexibility index (Phi) is 13.0. The largest absolute Gasteiger partial charge is 0.507 e. The molecule has 1 aliphatic carbocycles. The third kappa shape index (κ3) is 9.27. The molecule has 1 unspecified atom stereocenters. The number of allylic oxidation sites excluding steroid dienone is 3. The second-order valence-corrected chi connectivity index (χ2v) is 15.9. The molecule has 294 valence electrons. The number of carbonyl (C=O) groups is 3. The number of amidine groups is 1. The number of nitrogens with one attached hydrogen (secondary N) is 1. The van der Waals surface area contributed by atoms with Gasteiger partial charge in [0.1, 0.15) is 17.3 Å². The number of oxime groups is 1. The first-order chi connectivity index (χ1) is 25.2. The highest BCUT2D eigenvalue weighted by molar-refractivity contribution is 7.84. The third-order valence-electron chi connectivity index (χ3n) is 9.51. The van der Waals surface area contributed by atoms with Gasteiger partial charge in [-0.3, -0.25) is 14.1 Å². The SMILES string of the molecule is C=C(C)[C@@H]1CCC(C)=C[C@H]1c1c(O)cc(CCCCC)cc1OC(=S)N(C)C1[C@H](NC(=O)/C(=N\OC(C)(C)C(=O)O)C2=CCC(N)=N2)C(=O)N1S(=O)(=O)O. The first-order valence-electron chi connectivity index (χ1n) is 17.5. The zero-order valence-corrected chi connectivity index (χ0v) is 32.8. The molecule has 0 spiro atoms. The lowest BCUT2D eigenvalue weighted by molar-refractivity contribution is -0.161. The number of benzene rings is 1. The average molecular weight is 789 g/mol. The molecule has 0 bridgehead atoms. The number of carboxylic acid groups (broad SMARTS) is 1. The molecule has 0 aromatic heterocycles. The molecular formula is C36H48N6O10S2. The average Bonchev–Trinajstić information content (AvgIpc) is 3.50. The molecule has 4 atom stereocenters. The van der Waals surface area contributed by atoms with E-state index < -0.39 is 51.6 Å². The Labute approximate surface area is 320 Å². The van der Waals surface area contributed by atoms with Crippen LogP contribution in [-0.2, 0) is 35.9 Å². The smallest absolute Gasteiger partial charge is 0.364 e. The lowest BCUT2D eigenvalue weighted by Gasteiger charge is -2.48. The number of carboxylic acids is 1. The van der Waals surface area contributed by atoms with Gasteiger partial charge >= 0.3 is 16.3 Å². The molecule has 1 fully saturated rings. The summed E-state index contributed by atoms with van der Waals surface area (Å²) in [5, 5.41) is 26.7. The second kappa shape index (κ2) is 16.7. The number of rotatable bonds is 15. The molecule has 2 aliphatic heterocycles. The summed E-state index contributed by atoms with van der Waals surface area (Å²) in [4.78, 5) is 48.8. The maximum absolute atomic E-state index is 13.6. The van der Waals surface area contributed by atoms with E-state index in [0.29, 0.717) is 12.0 Å². The van der Waals surface area contributed by atoms with Crippen LogP contribution in [0.5, 0.6) is 11.5 Å². The van der Waals surface area contributed by atoms with E-state index in [-0.39, 0.29) is 50.8 Å². The van der Waals surface area contributed by atoms with Gasteiger partial charge in [0.05, 0.1) is 5.70 Å². The minimum atomic E-state index is -5.19. The van der Waals surface area contributed by atoms with Crippen LogP contribution in [0.25, 0.3) is 0 Å². The maximum atomic E-state index is 13.6. The van der Waals surface area contributed by atoms with Crippen molar-refractivity contribution in [3.63, 3.8) is 0 Å². The van der Waals surface area contributed by atoms with Crippen molar-refractivity contribution in [1.29, 1.82) is 0 Å². The number of aliphatic imine (C=N–C) groups is 1. The molecule has 2 amide bonds. The fraction of sp³-hybridized carbons (Fsp3) is 0.500. The minimum absolute atomic E-state index is 0.0141. The van der Waals surface area contributed by atoms with E-state index in [2.05, 4.69) is 35.0 Å². The van der Waals surface area contributed by atoms with Crippen molar-refractivity contribution in [2.75, 3.05) is 7.05 Å². The minimum Gasteiger partial charge on any atom is -0.507 e. The van der Waals surface area contributed by atoms with Gasteiger partial charge in [0.15, 0.2) is 17.9 Å². The Bertz CT molecular complexity index is 1960. The zero-order chi connectivity index (χ0) is 40.3.